The standard InChI is InChI=1S/C18H15P.C4H8O2/c1-4-10-16(11-5-1)19(17-12-6-2-7-13-17)18-14-8-3-9-15-18;1-3-6-4(2)5/h1-15H;3H2,1-2H3/p+1. The fourth-order valence-corrected chi connectivity index (χ4v) is 5.10. The molecule has 0 saturated carbocycles. The minimum atomic E-state index is -0.877. The van der Waals surface area contributed by atoms with Crippen LogP contribution < -0.4 is 15.9 Å². The zero-order valence-corrected chi connectivity index (χ0v) is 15.7. The van der Waals surface area contributed by atoms with Gasteiger partial charge in [0, 0.05) is 6.92 Å². The Morgan fingerprint density at radius 1 is 0.720 bits per heavy atom. The van der Waals surface area contributed by atoms with Crippen molar-refractivity contribution in [2.75, 3.05) is 6.61 Å². The Morgan fingerprint density at radius 2 is 1.04 bits per heavy atom. The zero-order chi connectivity index (χ0) is 17.9. The predicted molar refractivity (Wildman–Crippen MR) is 109 cm³/mol. The van der Waals surface area contributed by atoms with Gasteiger partial charge in [0.05, 0.1) is 14.5 Å². The van der Waals surface area contributed by atoms with Crippen LogP contribution in [0.15, 0.2) is 91.0 Å². The first kappa shape index (κ1) is 18.9. The van der Waals surface area contributed by atoms with E-state index in [4.69, 9.17) is 0 Å². The molecule has 0 bridgehead atoms. The van der Waals surface area contributed by atoms with Gasteiger partial charge in [-0.3, -0.25) is 4.79 Å². The summed E-state index contributed by atoms with van der Waals surface area (Å²) < 4.78 is 4.40. The molecular formula is C22H24O2P+. The normalized spacial score (nSPS) is 9.88. The minimum absolute atomic E-state index is 0.211. The highest BCUT2D eigenvalue weighted by atomic mass is 31.1. The molecule has 128 valence electrons. The van der Waals surface area contributed by atoms with Crippen molar-refractivity contribution in [3.05, 3.63) is 91.0 Å². The van der Waals surface area contributed by atoms with Crippen LogP contribution >= 0.6 is 7.92 Å². The largest absolute Gasteiger partial charge is 0.466 e. The van der Waals surface area contributed by atoms with Gasteiger partial charge in [-0.2, -0.15) is 0 Å². The Hall–Kier alpha value is -2.44. The molecule has 0 saturated heterocycles. The molecule has 0 radical (unpaired) electrons. The Bertz CT molecular complexity index is 649. The van der Waals surface area contributed by atoms with Gasteiger partial charge in [0.25, 0.3) is 0 Å². The molecule has 3 aromatic carbocycles. The summed E-state index contributed by atoms with van der Waals surface area (Å²) in [5.41, 5.74) is 0. The third-order valence-corrected chi connectivity index (χ3v) is 6.27. The fourth-order valence-electron chi connectivity index (χ4n) is 2.52. The van der Waals surface area contributed by atoms with E-state index >= 15 is 0 Å². The lowest BCUT2D eigenvalue weighted by Gasteiger charge is -2.10. The van der Waals surface area contributed by atoms with Crippen molar-refractivity contribution in [3.8, 4) is 0 Å². The summed E-state index contributed by atoms with van der Waals surface area (Å²) in [6.45, 7) is 3.65. The first-order valence-electron chi connectivity index (χ1n) is 8.39. The Kier molecular flexibility index (Phi) is 7.88. The van der Waals surface area contributed by atoms with Crippen molar-refractivity contribution < 1.29 is 9.53 Å². The first-order chi connectivity index (χ1) is 12.2. The van der Waals surface area contributed by atoms with E-state index in [1.807, 2.05) is 0 Å². The number of carbonyl (C=O) groups excluding carboxylic acids is 1. The quantitative estimate of drug-likeness (QED) is 0.529. The Balaban J connectivity index is 0.000000326. The molecule has 0 N–H and O–H groups in total. The van der Waals surface area contributed by atoms with Gasteiger partial charge >= 0.3 is 5.97 Å². The summed E-state index contributed by atoms with van der Waals surface area (Å²) >= 11 is 0. The Labute approximate surface area is 151 Å². The van der Waals surface area contributed by atoms with E-state index in [1.54, 1.807) is 6.92 Å². The second-order valence-electron chi connectivity index (χ2n) is 5.40. The van der Waals surface area contributed by atoms with Gasteiger partial charge in [0.15, 0.2) is 0 Å². The molecule has 2 nitrogen and oxygen atoms in total. The van der Waals surface area contributed by atoms with Crippen LogP contribution in [-0.4, -0.2) is 12.6 Å². The molecule has 3 aromatic rings. The zero-order valence-electron chi connectivity index (χ0n) is 14.7. The van der Waals surface area contributed by atoms with Crippen molar-refractivity contribution >= 4 is 29.8 Å². The minimum Gasteiger partial charge on any atom is -0.466 e. The van der Waals surface area contributed by atoms with Crippen LogP contribution in [0.4, 0.5) is 0 Å². The summed E-state index contributed by atoms with van der Waals surface area (Å²) in [7, 11) is -0.877. The molecule has 3 heteroatoms. The maximum atomic E-state index is 9.82. The monoisotopic (exact) mass is 351 g/mol. The SMILES string of the molecule is CCOC(C)=O.c1ccc([PH+](c2ccccc2)c2ccccc2)cc1. The number of benzene rings is 3. The molecule has 0 aliphatic carbocycles. The third kappa shape index (κ3) is 6.17. The van der Waals surface area contributed by atoms with E-state index in [2.05, 4.69) is 95.7 Å². The highest BCUT2D eigenvalue weighted by molar-refractivity contribution is 7.79. The van der Waals surface area contributed by atoms with E-state index in [1.165, 1.54) is 22.8 Å². The van der Waals surface area contributed by atoms with Gasteiger partial charge in [0.2, 0.25) is 0 Å². The number of rotatable bonds is 4. The van der Waals surface area contributed by atoms with Crippen molar-refractivity contribution in [2.45, 2.75) is 13.8 Å². The summed E-state index contributed by atoms with van der Waals surface area (Å²) in [4.78, 5) is 9.82. The summed E-state index contributed by atoms with van der Waals surface area (Å²) in [5, 5.41) is 4.31. The molecule has 0 unspecified atom stereocenters. The van der Waals surface area contributed by atoms with Crippen molar-refractivity contribution in [3.63, 3.8) is 0 Å². The molecule has 0 aromatic heterocycles. The van der Waals surface area contributed by atoms with Crippen molar-refractivity contribution in [1.82, 2.24) is 0 Å². The maximum absolute atomic E-state index is 9.82. The van der Waals surface area contributed by atoms with Gasteiger partial charge in [0.1, 0.15) is 15.9 Å². The second-order valence-corrected chi connectivity index (χ2v) is 7.88. The van der Waals surface area contributed by atoms with Gasteiger partial charge in [-0.25, -0.2) is 0 Å². The lowest BCUT2D eigenvalue weighted by molar-refractivity contribution is -0.140. The molecule has 0 aliphatic heterocycles. The van der Waals surface area contributed by atoms with Crippen molar-refractivity contribution in [2.24, 2.45) is 0 Å². The molecule has 0 atom stereocenters. The molecular weight excluding hydrogens is 327 g/mol. The highest BCUT2D eigenvalue weighted by Gasteiger charge is 2.24. The third-order valence-electron chi connectivity index (χ3n) is 3.53. The Morgan fingerprint density at radius 3 is 1.24 bits per heavy atom. The van der Waals surface area contributed by atoms with Gasteiger partial charge in [-0.1, -0.05) is 54.6 Å². The predicted octanol–water partition coefficient (Wildman–Crippen LogP) is 3.75. The van der Waals surface area contributed by atoms with Crippen LogP contribution in [0.25, 0.3) is 0 Å². The van der Waals surface area contributed by atoms with Gasteiger partial charge < -0.3 is 4.74 Å². The lowest BCUT2D eigenvalue weighted by atomic mass is 10.4. The topological polar surface area (TPSA) is 26.3 Å². The number of hydrogen-bond acceptors (Lipinski definition) is 2. The van der Waals surface area contributed by atoms with E-state index in [0.29, 0.717) is 6.61 Å². The van der Waals surface area contributed by atoms with E-state index in [-0.39, 0.29) is 5.97 Å². The fraction of sp³-hybridized carbons (Fsp3) is 0.136. The van der Waals surface area contributed by atoms with Gasteiger partial charge in [-0.15, -0.1) is 0 Å². The van der Waals surface area contributed by atoms with Crippen LogP contribution in [0.3, 0.4) is 0 Å². The van der Waals surface area contributed by atoms with Gasteiger partial charge in [-0.05, 0) is 43.3 Å². The first-order valence-corrected chi connectivity index (χ1v) is 9.89. The van der Waals surface area contributed by atoms with Crippen LogP contribution in [-0.2, 0) is 9.53 Å². The molecule has 0 aliphatic rings. The summed E-state index contributed by atoms with van der Waals surface area (Å²) in [5.74, 6) is -0.211. The maximum Gasteiger partial charge on any atom is 0.302 e. The van der Waals surface area contributed by atoms with Crippen LogP contribution in [0.5, 0.6) is 0 Å². The average Bonchev–Trinajstić information content (AvgIpc) is 2.65. The lowest BCUT2D eigenvalue weighted by Crippen LogP contribution is -2.20. The molecule has 3 rings (SSSR count). The highest BCUT2D eigenvalue weighted by Crippen LogP contribution is 2.32. The van der Waals surface area contributed by atoms with Crippen LogP contribution in [0.2, 0.25) is 0 Å². The smallest absolute Gasteiger partial charge is 0.302 e. The van der Waals surface area contributed by atoms with E-state index < -0.39 is 7.92 Å². The molecule has 25 heavy (non-hydrogen) atoms. The number of ether oxygens (including phenoxy) is 1. The molecule has 0 fully saturated rings. The summed E-state index contributed by atoms with van der Waals surface area (Å²) in [6, 6.07) is 32.5. The van der Waals surface area contributed by atoms with Crippen molar-refractivity contribution in [1.29, 1.82) is 0 Å². The van der Waals surface area contributed by atoms with E-state index in [9.17, 15) is 4.79 Å². The van der Waals surface area contributed by atoms with Crippen LogP contribution in [0.1, 0.15) is 13.8 Å². The number of carbonyl (C=O) groups is 1. The summed E-state index contributed by atoms with van der Waals surface area (Å²) in [6.07, 6.45) is 0. The van der Waals surface area contributed by atoms with Crippen LogP contribution in [0, 0.1) is 0 Å². The number of esters is 1. The average molecular weight is 351 g/mol. The molecule has 0 spiro atoms. The van der Waals surface area contributed by atoms with E-state index in [0.717, 1.165) is 0 Å². The molecule has 0 amide bonds. The molecule has 0 heterocycles. The second kappa shape index (κ2) is 10.4. The number of hydrogen-bond donors (Lipinski definition) is 0.